The molecule has 5 heteroatoms. The van der Waals surface area contributed by atoms with Gasteiger partial charge in [0.1, 0.15) is 0 Å². The molecule has 0 aliphatic carbocycles. The van der Waals surface area contributed by atoms with Crippen molar-refractivity contribution in [3.05, 3.63) is 26.3 Å². The van der Waals surface area contributed by atoms with Crippen molar-refractivity contribution in [3.8, 4) is 0 Å². The molecule has 1 rings (SSSR count). The summed E-state index contributed by atoms with van der Waals surface area (Å²) in [7, 11) is 0. The summed E-state index contributed by atoms with van der Waals surface area (Å²) in [6, 6.07) is 0.482. The highest BCUT2D eigenvalue weighted by Gasteiger charge is 2.08. The Morgan fingerprint density at radius 1 is 1.41 bits per heavy atom. The fourth-order valence-electron chi connectivity index (χ4n) is 1.67. The number of rotatable bonds is 5. The maximum atomic E-state index is 11.8. The highest BCUT2D eigenvalue weighted by molar-refractivity contribution is 9.10. The van der Waals surface area contributed by atoms with Crippen molar-refractivity contribution in [3.63, 3.8) is 0 Å². The minimum atomic E-state index is -0.159. The average molecular weight is 302 g/mol. The second-order valence-corrected chi connectivity index (χ2v) is 5.29. The Morgan fingerprint density at radius 2 is 2.06 bits per heavy atom. The van der Waals surface area contributed by atoms with Gasteiger partial charge in [-0.2, -0.15) is 4.98 Å². The zero-order valence-corrected chi connectivity index (χ0v) is 12.5. The predicted molar refractivity (Wildman–Crippen MR) is 73.4 cm³/mol. The molecule has 0 saturated carbocycles. The number of aromatic nitrogens is 2. The molecule has 0 aliphatic rings. The Balaban J connectivity index is 2.72. The fourth-order valence-corrected chi connectivity index (χ4v) is 1.97. The van der Waals surface area contributed by atoms with E-state index in [2.05, 4.69) is 40.1 Å². The highest BCUT2D eigenvalue weighted by Crippen LogP contribution is 2.16. The van der Waals surface area contributed by atoms with E-state index in [0.29, 0.717) is 12.6 Å². The second kappa shape index (κ2) is 6.31. The van der Waals surface area contributed by atoms with Crippen molar-refractivity contribution in [1.82, 2.24) is 14.9 Å². The van der Waals surface area contributed by atoms with E-state index < -0.39 is 0 Å². The minimum Gasteiger partial charge on any atom is -0.314 e. The van der Waals surface area contributed by atoms with Gasteiger partial charge in [0.15, 0.2) is 0 Å². The summed E-state index contributed by atoms with van der Waals surface area (Å²) in [5.41, 5.74) is 1.55. The van der Waals surface area contributed by atoms with Crippen LogP contribution in [0.25, 0.3) is 0 Å². The summed E-state index contributed by atoms with van der Waals surface area (Å²) in [5, 5.41) is 3.33. The Bertz CT molecular complexity index is 440. The van der Waals surface area contributed by atoms with Gasteiger partial charge in [-0.1, -0.05) is 13.8 Å². The lowest BCUT2D eigenvalue weighted by atomic mass is 10.3. The normalized spacial score (nSPS) is 11.2. The van der Waals surface area contributed by atoms with Gasteiger partial charge >= 0.3 is 5.69 Å². The van der Waals surface area contributed by atoms with Gasteiger partial charge in [0.2, 0.25) is 0 Å². The Morgan fingerprint density at radius 3 is 2.65 bits per heavy atom. The lowest BCUT2D eigenvalue weighted by molar-refractivity contribution is 0.518. The largest absolute Gasteiger partial charge is 0.348 e. The van der Waals surface area contributed by atoms with Crippen LogP contribution in [0.4, 0.5) is 0 Å². The molecule has 0 fully saturated rings. The van der Waals surface area contributed by atoms with Crippen LogP contribution in [0.3, 0.4) is 0 Å². The molecular formula is C12H20BrN3O. The molecule has 0 atom stereocenters. The number of nitrogens with zero attached hydrogens (tertiary/aromatic N) is 2. The van der Waals surface area contributed by atoms with Gasteiger partial charge in [0.25, 0.3) is 0 Å². The molecule has 0 unspecified atom stereocenters. The lowest BCUT2D eigenvalue weighted by Crippen LogP contribution is -2.29. The molecule has 0 amide bonds. The van der Waals surface area contributed by atoms with Crippen LogP contribution in [0.5, 0.6) is 0 Å². The summed E-state index contributed by atoms with van der Waals surface area (Å²) >= 11 is 3.46. The van der Waals surface area contributed by atoms with E-state index in [9.17, 15) is 4.79 Å². The second-order valence-electron chi connectivity index (χ2n) is 4.49. The van der Waals surface area contributed by atoms with Gasteiger partial charge in [-0.25, -0.2) is 4.79 Å². The molecule has 0 aliphatic heterocycles. The third-order valence-corrected chi connectivity index (χ3v) is 3.79. The maximum absolute atomic E-state index is 11.8. The summed E-state index contributed by atoms with van der Waals surface area (Å²) in [6.45, 7) is 9.62. The molecule has 0 aromatic carbocycles. The van der Waals surface area contributed by atoms with E-state index in [4.69, 9.17) is 0 Å². The first-order valence-corrected chi connectivity index (χ1v) is 6.69. The van der Waals surface area contributed by atoms with Crippen LogP contribution in [0, 0.1) is 13.8 Å². The van der Waals surface area contributed by atoms with E-state index in [1.54, 1.807) is 4.57 Å². The first-order valence-electron chi connectivity index (χ1n) is 5.90. The van der Waals surface area contributed by atoms with Gasteiger partial charge in [-0.15, -0.1) is 0 Å². The van der Waals surface area contributed by atoms with Gasteiger partial charge in [0, 0.05) is 18.3 Å². The van der Waals surface area contributed by atoms with Crippen LogP contribution in [-0.4, -0.2) is 22.1 Å². The minimum absolute atomic E-state index is 0.159. The number of hydrogen-bond donors (Lipinski definition) is 1. The Labute approximate surface area is 111 Å². The highest BCUT2D eigenvalue weighted by atomic mass is 79.9. The van der Waals surface area contributed by atoms with Crippen LogP contribution < -0.4 is 11.0 Å². The van der Waals surface area contributed by atoms with Crippen molar-refractivity contribution < 1.29 is 0 Å². The lowest BCUT2D eigenvalue weighted by Gasteiger charge is -2.13. The van der Waals surface area contributed by atoms with Crippen LogP contribution in [0.15, 0.2) is 9.27 Å². The monoisotopic (exact) mass is 301 g/mol. The summed E-state index contributed by atoms with van der Waals surface area (Å²) in [6.07, 6.45) is 0.927. The quantitative estimate of drug-likeness (QED) is 0.846. The molecule has 0 radical (unpaired) electrons. The van der Waals surface area contributed by atoms with Crippen LogP contribution in [-0.2, 0) is 6.54 Å². The third kappa shape index (κ3) is 3.92. The molecule has 0 saturated heterocycles. The van der Waals surface area contributed by atoms with Crippen molar-refractivity contribution in [2.24, 2.45) is 0 Å². The SMILES string of the molecule is Cc1nc(=O)n(CCCNC(C)C)c(C)c1Br. The van der Waals surface area contributed by atoms with E-state index in [0.717, 1.165) is 28.8 Å². The molecule has 0 spiro atoms. The number of halogens is 1. The first kappa shape index (κ1) is 14.4. The van der Waals surface area contributed by atoms with E-state index in [1.807, 2.05) is 13.8 Å². The molecule has 1 aromatic heterocycles. The van der Waals surface area contributed by atoms with Gasteiger partial charge < -0.3 is 5.32 Å². The zero-order valence-electron chi connectivity index (χ0n) is 10.9. The number of hydrogen-bond acceptors (Lipinski definition) is 3. The zero-order chi connectivity index (χ0) is 13.0. The molecule has 96 valence electrons. The Hall–Kier alpha value is -0.680. The topological polar surface area (TPSA) is 46.9 Å². The van der Waals surface area contributed by atoms with E-state index >= 15 is 0 Å². The maximum Gasteiger partial charge on any atom is 0.348 e. The Kier molecular flexibility index (Phi) is 5.33. The van der Waals surface area contributed by atoms with E-state index in [1.165, 1.54) is 0 Å². The molecular weight excluding hydrogens is 282 g/mol. The van der Waals surface area contributed by atoms with Crippen molar-refractivity contribution >= 4 is 15.9 Å². The van der Waals surface area contributed by atoms with Gasteiger partial charge in [0.05, 0.1) is 10.2 Å². The van der Waals surface area contributed by atoms with Crippen LogP contribution in [0.1, 0.15) is 31.7 Å². The molecule has 1 heterocycles. The van der Waals surface area contributed by atoms with E-state index in [-0.39, 0.29) is 5.69 Å². The van der Waals surface area contributed by atoms with Crippen LogP contribution >= 0.6 is 15.9 Å². The van der Waals surface area contributed by atoms with Crippen molar-refractivity contribution in [1.29, 1.82) is 0 Å². The number of nitrogens with one attached hydrogen (secondary N) is 1. The standard InChI is InChI=1S/C12H20BrN3O/c1-8(2)14-6-5-7-16-10(4)11(13)9(3)15-12(16)17/h8,14H,5-7H2,1-4H3. The van der Waals surface area contributed by atoms with Gasteiger partial charge in [-0.05, 0) is 42.7 Å². The molecule has 17 heavy (non-hydrogen) atoms. The number of aryl methyl sites for hydroxylation is 1. The first-order chi connectivity index (χ1) is 7.93. The van der Waals surface area contributed by atoms with Crippen molar-refractivity contribution in [2.45, 2.75) is 46.7 Å². The van der Waals surface area contributed by atoms with Crippen molar-refractivity contribution in [2.75, 3.05) is 6.54 Å². The smallest absolute Gasteiger partial charge is 0.314 e. The molecule has 0 bridgehead atoms. The molecule has 1 aromatic rings. The third-order valence-electron chi connectivity index (χ3n) is 2.65. The molecule has 4 nitrogen and oxygen atoms in total. The summed E-state index contributed by atoms with van der Waals surface area (Å²) in [5.74, 6) is 0. The van der Waals surface area contributed by atoms with Gasteiger partial charge in [-0.3, -0.25) is 4.57 Å². The van der Waals surface area contributed by atoms with Crippen LogP contribution in [0.2, 0.25) is 0 Å². The summed E-state index contributed by atoms with van der Waals surface area (Å²) in [4.78, 5) is 15.7. The summed E-state index contributed by atoms with van der Waals surface area (Å²) < 4.78 is 2.65. The fraction of sp³-hybridized carbons (Fsp3) is 0.667. The average Bonchev–Trinajstić information content (AvgIpc) is 2.24. The molecule has 1 N–H and O–H groups in total. The predicted octanol–water partition coefficient (Wildman–Crippen LogP) is 2.01.